The van der Waals surface area contributed by atoms with Gasteiger partial charge in [0.05, 0.1) is 12.8 Å². The van der Waals surface area contributed by atoms with Gasteiger partial charge in [-0.2, -0.15) is 0 Å². The molecule has 0 radical (unpaired) electrons. The number of anilines is 1. The molecule has 2 aromatic rings. The summed E-state index contributed by atoms with van der Waals surface area (Å²) in [6, 6.07) is 7.94. The van der Waals surface area contributed by atoms with E-state index in [9.17, 15) is 0 Å². The van der Waals surface area contributed by atoms with Crippen LogP contribution in [0.15, 0.2) is 29.6 Å². The van der Waals surface area contributed by atoms with Gasteiger partial charge in [0.1, 0.15) is 5.75 Å². The predicted molar refractivity (Wildman–Crippen MR) is 65.5 cm³/mol. The second-order valence-electron chi connectivity index (χ2n) is 3.32. The van der Waals surface area contributed by atoms with Crippen LogP contribution in [0.25, 0.3) is 11.1 Å². The molecule has 0 spiro atoms. The topological polar surface area (TPSA) is 35.2 Å². The molecule has 2 rings (SSSR count). The molecule has 0 aliphatic carbocycles. The Bertz CT molecular complexity index is 457. The number of aryl methyl sites for hydroxylation is 1. The zero-order chi connectivity index (χ0) is 10.8. The average molecular weight is 219 g/mol. The van der Waals surface area contributed by atoms with Gasteiger partial charge in [-0.15, -0.1) is 11.3 Å². The molecule has 15 heavy (non-hydrogen) atoms. The maximum absolute atomic E-state index is 5.95. The maximum atomic E-state index is 5.95. The molecule has 3 heteroatoms. The Morgan fingerprint density at radius 1 is 1.27 bits per heavy atom. The van der Waals surface area contributed by atoms with E-state index in [1.54, 1.807) is 18.4 Å². The number of methoxy groups -OCH3 is 1. The Kier molecular flexibility index (Phi) is 2.64. The van der Waals surface area contributed by atoms with Crippen LogP contribution < -0.4 is 10.5 Å². The highest BCUT2D eigenvalue weighted by Crippen LogP contribution is 2.38. The number of ether oxygens (including phenoxy) is 1. The summed E-state index contributed by atoms with van der Waals surface area (Å²) in [4.78, 5) is 1.22. The van der Waals surface area contributed by atoms with Crippen molar-refractivity contribution in [2.24, 2.45) is 0 Å². The third kappa shape index (κ3) is 1.70. The van der Waals surface area contributed by atoms with Crippen molar-refractivity contribution in [1.29, 1.82) is 0 Å². The number of hydrogen-bond acceptors (Lipinski definition) is 3. The molecule has 0 unspecified atom stereocenters. The van der Waals surface area contributed by atoms with E-state index in [0.717, 1.165) is 22.6 Å². The van der Waals surface area contributed by atoms with E-state index in [1.807, 2.05) is 29.6 Å². The minimum Gasteiger partial charge on any atom is -0.496 e. The molecule has 1 aromatic heterocycles. The van der Waals surface area contributed by atoms with Crippen LogP contribution in [0.4, 0.5) is 5.69 Å². The van der Waals surface area contributed by atoms with Gasteiger partial charge < -0.3 is 10.5 Å². The number of thiophene rings is 1. The smallest absolute Gasteiger partial charge is 0.126 e. The Labute approximate surface area is 93.3 Å². The first-order valence-electron chi connectivity index (χ1n) is 4.71. The fourth-order valence-corrected chi connectivity index (χ4v) is 2.44. The minimum atomic E-state index is 0.821. The summed E-state index contributed by atoms with van der Waals surface area (Å²) in [6.45, 7) is 2.07. The van der Waals surface area contributed by atoms with Gasteiger partial charge in [-0.25, -0.2) is 0 Å². The maximum Gasteiger partial charge on any atom is 0.126 e. The van der Waals surface area contributed by atoms with Gasteiger partial charge in [-0.1, -0.05) is 18.2 Å². The van der Waals surface area contributed by atoms with E-state index in [0.29, 0.717) is 0 Å². The Morgan fingerprint density at radius 2 is 2.00 bits per heavy atom. The van der Waals surface area contributed by atoms with Crippen molar-refractivity contribution in [2.75, 3.05) is 12.8 Å². The molecule has 0 atom stereocenters. The predicted octanol–water partition coefficient (Wildman–Crippen LogP) is 3.31. The number of benzene rings is 1. The lowest BCUT2D eigenvalue weighted by Crippen LogP contribution is -1.90. The van der Waals surface area contributed by atoms with Crippen LogP contribution >= 0.6 is 11.3 Å². The minimum absolute atomic E-state index is 0.821. The molecule has 0 aliphatic heterocycles. The van der Waals surface area contributed by atoms with E-state index >= 15 is 0 Å². The molecule has 2 N–H and O–H groups in total. The van der Waals surface area contributed by atoms with Gasteiger partial charge in [0, 0.05) is 21.4 Å². The van der Waals surface area contributed by atoms with E-state index in [2.05, 4.69) is 6.92 Å². The lowest BCUT2D eigenvalue weighted by atomic mass is 10.0. The second-order valence-corrected chi connectivity index (χ2v) is 4.41. The van der Waals surface area contributed by atoms with Gasteiger partial charge in [-0.05, 0) is 13.0 Å². The van der Waals surface area contributed by atoms with Crippen molar-refractivity contribution in [3.05, 3.63) is 34.5 Å². The van der Waals surface area contributed by atoms with E-state index in [4.69, 9.17) is 10.5 Å². The zero-order valence-electron chi connectivity index (χ0n) is 8.78. The molecular weight excluding hydrogens is 206 g/mol. The van der Waals surface area contributed by atoms with Gasteiger partial charge in [0.15, 0.2) is 0 Å². The highest BCUT2D eigenvalue weighted by atomic mass is 32.1. The summed E-state index contributed by atoms with van der Waals surface area (Å²) in [5.41, 5.74) is 8.93. The highest BCUT2D eigenvalue weighted by molar-refractivity contribution is 7.11. The Balaban J connectivity index is 2.63. The Morgan fingerprint density at radius 3 is 2.60 bits per heavy atom. The van der Waals surface area contributed by atoms with Crippen LogP contribution in [0.5, 0.6) is 5.75 Å². The summed E-state index contributed by atoms with van der Waals surface area (Å²) in [6.07, 6.45) is 0. The van der Waals surface area contributed by atoms with Crippen LogP contribution in [-0.4, -0.2) is 7.11 Å². The number of rotatable bonds is 2. The molecule has 0 saturated heterocycles. The lowest BCUT2D eigenvalue weighted by molar-refractivity contribution is 0.416. The first-order chi connectivity index (χ1) is 7.24. The van der Waals surface area contributed by atoms with Crippen LogP contribution in [0.1, 0.15) is 4.88 Å². The molecule has 0 bridgehead atoms. The number of nitrogen functional groups attached to an aromatic ring is 1. The van der Waals surface area contributed by atoms with E-state index in [-0.39, 0.29) is 0 Å². The summed E-state index contributed by atoms with van der Waals surface area (Å²) in [5, 5.41) is 1.97. The normalized spacial score (nSPS) is 10.3. The monoisotopic (exact) mass is 219 g/mol. The summed E-state index contributed by atoms with van der Waals surface area (Å²) in [5.74, 6) is 0.866. The fourth-order valence-electron chi connectivity index (χ4n) is 1.67. The van der Waals surface area contributed by atoms with E-state index < -0.39 is 0 Å². The largest absolute Gasteiger partial charge is 0.496 e. The van der Waals surface area contributed by atoms with Crippen molar-refractivity contribution in [3.8, 4) is 16.9 Å². The number of hydrogen-bond donors (Lipinski definition) is 1. The molecule has 0 fully saturated rings. The highest BCUT2D eigenvalue weighted by Gasteiger charge is 2.12. The first-order valence-corrected chi connectivity index (χ1v) is 5.59. The molecule has 0 amide bonds. The zero-order valence-corrected chi connectivity index (χ0v) is 9.60. The van der Waals surface area contributed by atoms with Crippen molar-refractivity contribution >= 4 is 17.0 Å². The Hall–Kier alpha value is -1.48. The number of para-hydroxylation sites is 1. The quantitative estimate of drug-likeness (QED) is 0.841. The standard InChI is InChI=1S/C12H13NOS/c1-8-12(10(13)7-15-8)9-5-3-4-6-11(9)14-2/h3-7H,13H2,1-2H3. The van der Waals surface area contributed by atoms with Crippen molar-refractivity contribution in [2.45, 2.75) is 6.92 Å². The third-order valence-corrected chi connectivity index (χ3v) is 3.31. The average Bonchev–Trinajstić information content (AvgIpc) is 2.59. The molecule has 0 aliphatic rings. The fraction of sp³-hybridized carbons (Fsp3) is 0.167. The molecule has 1 heterocycles. The first kappa shape index (κ1) is 10.1. The SMILES string of the molecule is COc1ccccc1-c1c(N)csc1C. The van der Waals surface area contributed by atoms with Crippen LogP contribution in [0.2, 0.25) is 0 Å². The molecule has 2 nitrogen and oxygen atoms in total. The van der Waals surface area contributed by atoms with Gasteiger partial charge in [0.25, 0.3) is 0 Å². The van der Waals surface area contributed by atoms with Crippen LogP contribution in [0.3, 0.4) is 0 Å². The third-order valence-electron chi connectivity index (χ3n) is 2.38. The summed E-state index contributed by atoms with van der Waals surface area (Å²) < 4.78 is 5.33. The lowest BCUT2D eigenvalue weighted by Gasteiger charge is -2.08. The van der Waals surface area contributed by atoms with E-state index in [1.165, 1.54) is 4.88 Å². The molecule has 0 saturated carbocycles. The molecule has 1 aromatic carbocycles. The molecule has 78 valence electrons. The molecular formula is C12H13NOS. The van der Waals surface area contributed by atoms with Crippen molar-refractivity contribution in [3.63, 3.8) is 0 Å². The van der Waals surface area contributed by atoms with Crippen LogP contribution in [0, 0.1) is 6.92 Å². The van der Waals surface area contributed by atoms with Gasteiger partial charge in [-0.3, -0.25) is 0 Å². The van der Waals surface area contributed by atoms with Gasteiger partial charge in [0.2, 0.25) is 0 Å². The van der Waals surface area contributed by atoms with Crippen molar-refractivity contribution in [1.82, 2.24) is 0 Å². The number of nitrogens with two attached hydrogens (primary N) is 1. The second kappa shape index (κ2) is 3.95. The van der Waals surface area contributed by atoms with Crippen molar-refractivity contribution < 1.29 is 4.74 Å². The summed E-state index contributed by atoms with van der Waals surface area (Å²) in [7, 11) is 1.68. The van der Waals surface area contributed by atoms with Crippen LogP contribution in [-0.2, 0) is 0 Å². The summed E-state index contributed by atoms with van der Waals surface area (Å²) >= 11 is 1.66. The van der Waals surface area contributed by atoms with Gasteiger partial charge >= 0.3 is 0 Å².